The van der Waals surface area contributed by atoms with Gasteiger partial charge in [-0.25, -0.2) is 4.98 Å². The SMILES string of the molecule is CCSc1ccccc1C(=O)Nc1nc(-c2ccc3c(c2)CCCC3)cs1. The Kier molecular flexibility index (Phi) is 5.60. The van der Waals surface area contributed by atoms with Gasteiger partial charge in [-0.1, -0.05) is 31.2 Å². The van der Waals surface area contributed by atoms with Gasteiger partial charge in [0.05, 0.1) is 11.3 Å². The number of hydrogen-bond donors (Lipinski definition) is 1. The van der Waals surface area contributed by atoms with Crippen molar-refractivity contribution in [2.75, 3.05) is 11.1 Å². The number of thioether (sulfide) groups is 1. The normalized spacial score (nSPS) is 13.2. The lowest BCUT2D eigenvalue weighted by atomic mass is 9.90. The number of hydrogen-bond acceptors (Lipinski definition) is 4. The molecule has 27 heavy (non-hydrogen) atoms. The number of carbonyl (C=O) groups is 1. The van der Waals surface area contributed by atoms with Crippen LogP contribution in [0.2, 0.25) is 0 Å². The van der Waals surface area contributed by atoms with Crippen LogP contribution in [0.1, 0.15) is 41.3 Å². The fourth-order valence-electron chi connectivity index (χ4n) is 3.46. The van der Waals surface area contributed by atoms with Crippen LogP contribution in [0.25, 0.3) is 11.3 Å². The van der Waals surface area contributed by atoms with Crippen LogP contribution in [0.5, 0.6) is 0 Å². The van der Waals surface area contributed by atoms with Gasteiger partial charge >= 0.3 is 0 Å². The molecule has 2 aromatic carbocycles. The zero-order chi connectivity index (χ0) is 18.6. The van der Waals surface area contributed by atoms with E-state index in [2.05, 4.69) is 35.4 Å². The molecule has 0 aliphatic heterocycles. The lowest BCUT2D eigenvalue weighted by molar-refractivity contribution is 0.102. The van der Waals surface area contributed by atoms with Crippen LogP contribution in [0, 0.1) is 0 Å². The van der Waals surface area contributed by atoms with E-state index in [4.69, 9.17) is 0 Å². The largest absolute Gasteiger partial charge is 0.298 e. The topological polar surface area (TPSA) is 42.0 Å². The Morgan fingerprint density at radius 1 is 1.15 bits per heavy atom. The monoisotopic (exact) mass is 394 g/mol. The number of aryl methyl sites for hydroxylation is 2. The van der Waals surface area contributed by atoms with E-state index in [-0.39, 0.29) is 5.91 Å². The highest BCUT2D eigenvalue weighted by Crippen LogP contribution is 2.30. The van der Waals surface area contributed by atoms with Crippen LogP contribution in [0.4, 0.5) is 5.13 Å². The fourth-order valence-corrected chi connectivity index (χ4v) is 4.97. The van der Waals surface area contributed by atoms with Crippen LogP contribution in [-0.2, 0) is 12.8 Å². The summed E-state index contributed by atoms with van der Waals surface area (Å²) in [6.45, 7) is 2.09. The molecule has 1 N–H and O–H groups in total. The van der Waals surface area contributed by atoms with Crippen molar-refractivity contribution < 1.29 is 4.79 Å². The molecule has 1 aromatic heterocycles. The lowest BCUT2D eigenvalue weighted by Gasteiger charge is -2.16. The Balaban J connectivity index is 1.52. The predicted octanol–water partition coefficient (Wildman–Crippen LogP) is 6.05. The molecule has 3 aromatic rings. The Morgan fingerprint density at radius 2 is 1.96 bits per heavy atom. The first-order valence-electron chi connectivity index (χ1n) is 9.35. The molecule has 0 unspecified atom stereocenters. The van der Waals surface area contributed by atoms with Crippen molar-refractivity contribution in [2.45, 2.75) is 37.5 Å². The van der Waals surface area contributed by atoms with Crippen molar-refractivity contribution in [1.82, 2.24) is 4.98 Å². The van der Waals surface area contributed by atoms with Crippen molar-refractivity contribution in [2.24, 2.45) is 0 Å². The number of thiazole rings is 1. The van der Waals surface area contributed by atoms with Gasteiger partial charge in [0.15, 0.2) is 5.13 Å². The zero-order valence-corrected chi connectivity index (χ0v) is 17.0. The van der Waals surface area contributed by atoms with Crippen LogP contribution in [0.3, 0.4) is 0 Å². The maximum atomic E-state index is 12.7. The molecule has 0 radical (unpaired) electrons. The second kappa shape index (κ2) is 8.28. The third kappa shape index (κ3) is 4.09. The molecule has 5 heteroatoms. The molecule has 0 saturated carbocycles. The zero-order valence-electron chi connectivity index (χ0n) is 15.3. The molecule has 1 aliphatic rings. The van der Waals surface area contributed by atoms with E-state index in [1.807, 2.05) is 29.6 Å². The molecule has 1 aliphatic carbocycles. The van der Waals surface area contributed by atoms with Gasteiger partial charge < -0.3 is 0 Å². The Labute approximate surface area is 168 Å². The molecule has 0 bridgehead atoms. The highest BCUT2D eigenvalue weighted by atomic mass is 32.2. The maximum Gasteiger partial charge on any atom is 0.258 e. The number of carbonyl (C=O) groups excluding carboxylic acids is 1. The molecular weight excluding hydrogens is 372 g/mol. The van der Waals surface area contributed by atoms with E-state index < -0.39 is 0 Å². The van der Waals surface area contributed by atoms with Crippen molar-refractivity contribution >= 4 is 34.1 Å². The van der Waals surface area contributed by atoms with Gasteiger partial charge in [-0.05, 0) is 60.8 Å². The van der Waals surface area contributed by atoms with Gasteiger partial charge in [0, 0.05) is 15.8 Å². The van der Waals surface area contributed by atoms with Gasteiger partial charge in [-0.15, -0.1) is 23.1 Å². The minimum absolute atomic E-state index is 0.0992. The van der Waals surface area contributed by atoms with Gasteiger partial charge in [0.2, 0.25) is 0 Å². The summed E-state index contributed by atoms with van der Waals surface area (Å²) in [7, 11) is 0. The maximum absolute atomic E-state index is 12.7. The molecule has 3 nitrogen and oxygen atoms in total. The van der Waals surface area contributed by atoms with Gasteiger partial charge in [-0.3, -0.25) is 10.1 Å². The number of aromatic nitrogens is 1. The number of anilines is 1. The van der Waals surface area contributed by atoms with Crippen molar-refractivity contribution in [3.8, 4) is 11.3 Å². The highest BCUT2D eigenvalue weighted by molar-refractivity contribution is 7.99. The number of nitrogens with one attached hydrogen (secondary N) is 1. The summed E-state index contributed by atoms with van der Waals surface area (Å²) in [5.74, 6) is 0.835. The quantitative estimate of drug-likeness (QED) is 0.535. The first-order chi connectivity index (χ1) is 13.2. The van der Waals surface area contributed by atoms with Crippen LogP contribution in [0.15, 0.2) is 52.7 Å². The summed E-state index contributed by atoms with van der Waals surface area (Å²) in [6.07, 6.45) is 4.90. The average molecular weight is 395 g/mol. The second-order valence-corrected chi connectivity index (χ2v) is 8.78. The summed E-state index contributed by atoms with van der Waals surface area (Å²) >= 11 is 3.15. The van der Waals surface area contributed by atoms with E-state index in [0.717, 1.165) is 28.3 Å². The van der Waals surface area contributed by atoms with Crippen LogP contribution in [-0.4, -0.2) is 16.6 Å². The van der Waals surface area contributed by atoms with E-state index in [1.165, 1.54) is 41.7 Å². The molecule has 138 valence electrons. The molecule has 1 amide bonds. The smallest absolute Gasteiger partial charge is 0.258 e. The summed E-state index contributed by atoms with van der Waals surface area (Å²) in [5, 5.41) is 5.63. The number of nitrogens with zero attached hydrogens (tertiary/aromatic N) is 1. The van der Waals surface area contributed by atoms with Gasteiger partial charge in [0.25, 0.3) is 5.91 Å². The van der Waals surface area contributed by atoms with Crippen molar-refractivity contribution in [3.63, 3.8) is 0 Å². The van der Waals surface area contributed by atoms with E-state index in [0.29, 0.717) is 10.7 Å². The lowest BCUT2D eigenvalue weighted by Crippen LogP contribution is -2.12. The minimum atomic E-state index is -0.0992. The molecular formula is C22H22N2OS2. The number of amides is 1. The average Bonchev–Trinajstić information content (AvgIpc) is 3.16. The standard InChI is InChI=1S/C22H22N2OS2/c1-2-26-20-10-6-5-9-18(20)21(25)24-22-23-19(14-27-22)17-12-11-15-7-3-4-8-16(15)13-17/h5-6,9-14H,2-4,7-8H2,1H3,(H,23,24,25). The first-order valence-corrected chi connectivity index (χ1v) is 11.2. The van der Waals surface area contributed by atoms with E-state index in [9.17, 15) is 4.79 Å². The molecule has 1 heterocycles. The summed E-state index contributed by atoms with van der Waals surface area (Å²) in [5.41, 5.74) is 5.69. The van der Waals surface area contributed by atoms with Crippen molar-refractivity contribution in [1.29, 1.82) is 0 Å². The second-order valence-electron chi connectivity index (χ2n) is 6.61. The summed E-state index contributed by atoms with van der Waals surface area (Å²) < 4.78 is 0. The van der Waals surface area contributed by atoms with Crippen molar-refractivity contribution in [3.05, 3.63) is 64.5 Å². The molecule has 4 rings (SSSR count). The predicted molar refractivity (Wildman–Crippen MR) is 115 cm³/mol. The number of rotatable bonds is 5. The minimum Gasteiger partial charge on any atom is -0.298 e. The molecule has 0 atom stereocenters. The van der Waals surface area contributed by atoms with Gasteiger partial charge in [-0.2, -0.15) is 0 Å². The third-order valence-electron chi connectivity index (χ3n) is 4.80. The van der Waals surface area contributed by atoms with Crippen LogP contribution >= 0.6 is 23.1 Å². The summed E-state index contributed by atoms with van der Waals surface area (Å²) in [6, 6.07) is 14.4. The summed E-state index contributed by atoms with van der Waals surface area (Å²) in [4.78, 5) is 18.3. The third-order valence-corrected chi connectivity index (χ3v) is 6.51. The van der Waals surface area contributed by atoms with Gasteiger partial charge in [0.1, 0.15) is 0 Å². The Morgan fingerprint density at radius 3 is 2.81 bits per heavy atom. The molecule has 0 spiro atoms. The molecule has 0 saturated heterocycles. The Bertz CT molecular complexity index is 964. The number of fused-ring (bicyclic) bond motifs is 1. The fraction of sp³-hybridized carbons (Fsp3) is 0.273. The first kappa shape index (κ1) is 18.3. The van der Waals surface area contributed by atoms with E-state index >= 15 is 0 Å². The highest BCUT2D eigenvalue weighted by Gasteiger charge is 2.15. The van der Waals surface area contributed by atoms with Crippen LogP contribution < -0.4 is 5.32 Å². The number of benzene rings is 2. The Hall–Kier alpha value is -2.11. The molecule has 0 fully saturated rings. The van der Waals surface area contributed by atoms with E-state index in [1.54, 1.807) is 11.8 Å².